The molecule has 2 N–H and O–H groups in total. The summed E-state index contributed by atoms with van der Waals surface area (Å²) in [6.07, 6.45) is 6.60. The van der Waals surface area contributed by atoms with Crippen molar-refractivity contribution in [3.8, 4) is 11.5 Å². The quantitative estimate of drug-likeness (QED) is 0.527. The van der Waals surface area contributed by atoms with Gasteiger partial charge in [-0.3, -0.25) is 0 Å². The summed E-state index contributed by atoms with van der Waals surface area (Å²) in [7, 11) is 0. The molecule has 2 aromatic carbocycles. The number of halogens is 2. The van der Waals surface area contributed by atoms with Crippen molar-refractivity contribution in [3.05, 3.63) is 56.5 Å². The standard InChI is InChI=1S/C22H22Br2O2/c23-18-10-14(1-3-20(18)25)22(15-2-4-21(26)19(24)11-15)16-6-12-5-13(8-16)9-17(22)7-12/h1-4,10-13,16-17,25-26H,5-9H2. The lowest BCUT2D eigenvalue weighted by Crippen LogP contribution is -2.56. The van der Waals surface area contributed by atoms with Crippen LogP contribution < -0.4 is 0 Å². The van der Waals surface area contributed by atoms with E-state index in [1.54, 1.807) is 0 Å². The number of hydrogen-bond acceptors (Lipinski definition) is 2. The Balaban J connectivity index is 1.75. The highest BCUT2D eigenvalue weighted by molar-refractivity contribution is 9.10. The first-order chi connectivity index (χ1) is 12.5. The zero-order valence-electron chi connectivity index (χ0n) is 14.5. The molecule has 4 bridgehead atoms. The van der Waals surface area contributed by atoms with Gasteiger partial charge in [-0.15, -0.1) is 0 Å². The topological polar surface area (TPSA) is 40.5 Å². The summed E-state index contributed by atoms with van der Waals surface area (Å²) in [6, 6.07) is 12.1. The minimum atomic E-state index is -0.0279. The molecule has 2 nitrogen and oxygen atoms in total. The predicted octanol–water partition coefficient (Wildman–Crippen LogP) is 6.37. The molecule has 26 heavy (non-hydrogen) atoms. The monoisotopic (exact) mass is 476 g/mol. The van der Waals surface area contributed by atoms with Gasteiger partial charge in [0.15, 0.2) is 0 Å². The van der Waals surface area contributed by atoms with Gasteiger partial charge < -0.3 is 10.2 Å². The number of aromatic hydroxyl groups is 2. The SMILES string of the molecule is Oc1ccc(C2(c3ccc(O)c(Br)c3)C3CC4CC(C3)CC2C4)cc1Br. The molecule has 4 aliphatic rings. The van der Waals surface area contributed by atoms with E-state index in [2.05, 4.69) is 56.1 Å². The highest BCUT2D eigenvalue weighted by Gasteiger charge is 2.58. The molecule has 0 unspecified atom stereocenters. The third kappa shape index (κ3) is 2.34. The fourth-order valence-electron chi connectivity index (χ4n) is 6.57. The van der Waals surface area contributed by atoms with Crippen LogP contribution in [0, 0.1) is 23.7 Å². The van der Waals surface area contributed by atoms with Crippen LogP contribution in [-0.2, 0) is 5.41 Å². The van der Waals surface area contributed by atoms with E-state index in [0.717, 1.165) is 20.8 Å². The van der Waals surface area contributed by atoms with Crippen molar-refractivity contribution in [1.82, 2.24) is 0 Å². The molecule has 2 aromatic rings. The van der Waals surface area contributed by atoms with E-state index in [4.69, 9.17) is 0 Å². The van der Waals surface area contributed by atoms with Crippen LogP contribution in [0.15, 0.2) is 45.3 Å². The van der Waals surface area contributed by atoms with Crippen LogP contribution in [-0.4, -0.2) is 10.2 Å². The van der Waals surface area contributed by atoms with E-state index in [-0.39, 0.29) is 5.41 Å². The average molecular weight is 478 g/mol. The molecule has 0 atom stereocenters. The van der Waals surface area contributed by atoms with E-state index in [0.29, 0.717) is 23.3 Å². The lowest BCUT2D eigenvalue weighted by atomic mass is 9.42. The smallest absolute Gasteiger partial charge is 0.129 e. The van der Waals surface area contributed by atoms with E-state index in [9.17, 15) is 10.2 Å². The van der Waals surface area contributed by atoms with Gasteiger partial charge in [-0.05, 0) is 123 Å². The molecule has 4 heteroatoms. The highest BCUT2D eigenvalue weighted by atomic mass is 79.9. The van der Waals surface area contributed by atoms with Gasteiger partial charge in [0.05, 0.1) is 8.95 Å². The van der Waals surface area contributed by atoms with Crippen molar-refractivity contribution in [2.75, 3.05) is 0 Å². The molecule has 0 aromatic heterocycles. The Morgan fingerprint density at radius 3 is 1.50 bits per heavy atom. The third-order valence-corrected chi connectivity index (χ3v) is 8.55. The first kappa shape index (κ1) is 17.1. The molecule has 0 aliphatic heterocycles. The van der Waals surface area contributed by atoms with Crippen molar-refractivity contribution in [3.63, 3.8) is 0 Å². The normalized spacial score (nSPS) is 31.3. The molecule has 6 rings (SSSR count). The Bertz CT molecular complexity index is 795. The predicted molar refractivity (Wildman–Crippen MR) is 109 cm³/mol. The second kappa shape index (κ2) is 6.00. The van der Waals surface area contributed by atoms with Crippen LogP contribution in [0.2, 0.25) is 0 Å². The maximum Gasteiger partial charge on any atom is 0.129 e. The molecular formula is C22H22Br2O2. The van der Waals surface area contributed by atoms with Gasteiger partial charge in [0.2, 0.25) is 0 Å². The van der Waals surface area contributed by atoms with E-state index < -0.39 is 0 Å². The number of benzene rings is 2. The summed E-state index contributed by atoms with van der Waals surface area (Å²) in [5.41, 5.74) is 2.57. The summed E-state index contributed by atoms with van der Waals surface area (Å²) >= 11 is 7.07. The summed E-state index contributed by atoms with van der Waals surface area (Å²) < 4.78 is 1.53. The van der Waals surface area contributed by atoms with Crippen molar-refractivity contribution in [1.29, 1.82) is 0 Å². The van der Waals surface area contributed by atoms with E-state index in [1.807, 2.05) is 12.1 Å². The summed E-state index contributed by atoms with van der Waals surface area (Å²) in [4.78, 5) is 0. The molecule has 4 aliphatic carbocycles. The van der Waals surface area contributed by atoms with Crippen LogP contribution >= 0.6 is 31.9 Å². The molecule has 0 spiro atoms. The Morgan fingerprint density at radius 1 is 0.692 bits per heavy atom. The molecule has 136 valence electrons. The Labute approximate surface area is 170 Å². The molecule has 0 amide bonds. The average Bonchev–Trinajstić information content (AvgIpc) is 2.60. The number of phenols is 2. The van der Waals surface area contributed by atoms with Gasteiger partial charge in [-0.1, -0.05) is 12.1 Å². The van der Waals surface area contributed by atoms with Gasteiger partial charge in [0.25, 0.3) is 0 Å². The van der Waals surface area contributed by atoms with Crippen molar-refractivity contribution < 1.29 is 10.2 Å². The van der Waals surface area contributed by atoms with Gasteiger partial charge >= 0.3 is 0 Å². The van der Waals surface area contributed by atoms with Crippen molar-refractivity contribution in [2.45, 2.75) is 37.5 Å². The Morgan fingerprint density at radius 2 is 1.12 bits per heavy atom. The summed E-state index contributed by atoms with van der Waals surface area (Å²) in [5, 5.41) is 20.1. The first-order valence-electron chi connectivity index (χ1n) is 9.46. The van der Waals surface area contributed by atoms with Crippen LogP contribution in [0.3, 0.4) is 0 Å². The van der Waals surface area contributed by atoms with Gasteiger partial charge in [0, 0.05) is 5.41 Å². The maximum absolute atomic E-state index is 10.0. The van der Waals surface area contributed by atoms with Gasteiger partial charge in [-0.2, -0.15) is 0 Å². The van der Waals surface area contributed by atoms with Crippen molar-refractivity contribution in [2.24, 2.45) is 23.7 Å². The minimum Gasteiger partial charge on any atom is -0.507 e. The van der Waals surface area contributed by atoms with E-state index >= 15 is 0 Å². The second-order valence-corrected chi connectivity index (χ2v) is 10.2. The number of hydrogen-bond donors (Lipinski definition) is 2. The second-order valence-electron chi connectivity index (χ2n) is 8.51. The largest absolute Gasteiger partial charge is 0.507 e. The van der Waals surface area contributed by atoms with Gasteiger partial charge in [-0.25, -0.2) is 0 Å². The fraction of sp³-hybridized carbons (Fsp3) is 0.455. The van der Waals surface area contributed by atoms with Crippen LogP contribution in [0.25, 0.3) is 0 Å². The van der Waals surface area contributed by atoms with Crippen LogP contribution in [0.4, 0.5) is 0 Å². The summed E-state index contributed by atoms with van der Waals surface area (Å²) in [5.74, 6) is 3.61. The molecule has 4 fully saturated rings. The van der Waals surface area contributed by atoms with Crippen LogP contribution in [0.5, 0.6) is 11.5 Å². The molecule has 4 saturated carbocycles. The first-order valence-corrected chi connectivity index (χ1v) is 11.0. The Kier molecular flexibility index (Phi) is 3.95. The maximum atomic E-state index is 10.0. The fourth-order valence-corrected chi connectivity index (χ4v) is 7.32. The highest BCUT2D eigenvalue weighted by Crippen LogP contribution is 2.65. The number of rotatable bonds is 2. The van der Waals surface area contributed by atoms with E-state index in [1.165, 1.54) is 43.2 Å². The zero-order chi connectivity index (χ0) is 18.1. The molecule has 0 heterocycles. The van der Waals surface area contributed by atoms with Crippen molar-refractivity contribution >= 4 is 31.9 Å². The number of phenolic OH excluding ortho intramolecular Hbond substituents is 2. The van der Waals surface area contributed by atoms with Crippen LogP contribution in [0.1, 0.15) is 43.2 Å². The van der Waals surface area contributed by atoms with Gasteiger partial charge in [0.1, 0.15) is 11.5 Å². The molecule has 0 radical (unpaired) electrons. The third-order valence-electron chi connectivity index (χ3n) is 7.28. The summed E-state index contributed by atoms with van der Waals surface area (Å²) in [6.45, 7) is 0. The lowest BCUT2D eigenvalue weighted by Gasteiger charge is -2.62. The zero-order valence-corrected chi connectivity index (χ0v) is 17.6. The lowest BCUT2D eigenvalue weighted by molar-refractivity contribution is -0.0419. The molecule has 0 saturated heterocycles. The molecular weight excluding hydrogens is 456 g/mol. The minimum absolute atomic E-state index is 0.0279. The Hall–Kier alpha value is -1.00.